The monoisotopic (exact) mass is 360 g/mol. The van der Waals surface area contributed by atoms with Gasteiger partial charge in [-0.05, 0) is 40.0 Å². The first-order valence-corrected chi connectivity index (χ1v) is 9.04. The molecule has 0 aromatic carbocycles. The zero-order valence-corrected chi connectivity index (χ0v) is 15.4. The molecule has 140 valence electrons. The predicted molar refractivity (Wildman–Crippen MR) is 93.8 cm³/mol. The van der Waals surface area contributed by atoms with Gasteiger partial charge in [-0.3, -0.25) is 14.8 Å². The molecule has 0 saturated carbocycles. The van der Waals surface area contributed by atoms with Gasteiger partial charge in [-0.2, -0.15) is 0 Å². The topological polar surface area (TPSA) is 88.9 Å². The van der Waals surface area contributed by atoms with Gasteiger partial charge in [0.2, 0.25) is 0 Å². The van der Waals surface area contributed by atoms with Crippen LogP contribution < -0.4 is 5.56 Å². The Morgan fingerprint density at radius 1 is 1.35 bits per heavy atom. The number of fused-ring (bicyclic) bond motifs is 2. The van der Waals surface area contributed by atoms with Crippen molar-refractivity contribution in [2.45, 2.75) is 64.9 Å². The minimum absolute atomic E-state index is 0.131. The summed E-state index contributed by atoms with van der Waals surface area (Å²) in [6.45, 7) is 6.89. The third-order valence-electron chi connectivity index (χ3n) is 4.79. The molecule has 1 amide bonds. The molecule has 0 radical (unpaired) electrons. The number of hydrogen-bond donors (Lipinski definition) is 1. The third-order valence-corrected chi connectivity index (χ3v) is 4.79. The molecule has 1 fully saturated rings. The summed E-state index contributed by atoms with van der Waals surface area (Å²) in [5.41, 5.74) is 2.00. The van der Waals surface area contributed by atoms with Crippen molar-refractivity contribution >= 4 is 11.7 Å². The van der Waals surface area contributed by atoms with Gasteiger partial charge in [-0.1, -0.05) is 0 Å². The first kappa shape index (κ1) is 17.1. The van der Waals surface area contributed by atoms with E-state index in [1.807, 2.05) is 26.8 Å². The number of aromatic amines is 1. The van der Waals surface area contributed by atoms with Gasteiger partial charge in [-0.15, -0.1) is 0 Å². The third kappa shape index (κ3) is 2.98. The van der Waals surface area contributed by atoms with E-state index in [0.717, 1.165) is 25.0 Å². The molecule has 1 saturated heterocycles. The molecular formula is C18H24N4O4. The van der Waals surface area contributed by atoms with Crippen LogP contribution in [-0.4, -0.2) is 37.7 Å². The van der Waals surface area contributed by atoms with Crippen LogP contribution in [-0.2, 0) is 22.7 Å². The van der Waals surface area contributed by atoms with Crippen molar-refractivity contribution in [1.29, 1.82) is 0 Å². The smallest absolute Gasteiger partial charge is 0.410 e. The highest BCUT2D eigenvalue weighted by Gasteiger charge is 2.33. The number of ether oxygens (including phenoxy) is 2. The zero-order chi connectivity index (χ0) is 18.5. The lowest BCUT2D eigenvalue weighted by molar-refractivity contribution is 0.00897. The number of nitrogens with one attached hydrogen (secondary N) is 1. The highest BCUT2D eigenvalue weighted by Crippen LogP contribution is 2.32. The Labute approximate surface area is 151 Å². The summed E-state index contributed by atoms with van der Waals surface area (Å²) < 4.78 is 12.3. The SMILES string of the molecule is CC(C)(C)OC(=O)N1CCCCC1c1cc2nc3c(c(=O)n2[nH]1)COC3. The standard InChI is InChI=1S/C18H24N4O4/c1-18(2,3)26-17(24)21-7-5-4-6-14(21)12-8-15-19-13-10-25-9-11(13)16(23)22(15)20-12/h8,14,20H,4-7,9-10H2,1-3H3. The average Bonchev–Trinajstić information content (AvgIpc) is 3.20. The molecule has 2 aromatic rings. The molecule has 8 nitrogen and oxygen atoms in total. The second kappa shape index (κ2) is 6.12. The fourth-order valence-corrected chi connectivity index (χ4v) is 3.60. The molecule has 4 heterocycles. The molecular weight excluding hydrogens is 336 g/mol. The van der Waals surface area contributed by atoms with Crippen LogP contribution >= 0.6 is 0 Å². The van der Waals surface area contributed by atoms with Gasteiger partial charge >= 0.3 is 6.09 Å². The number of amides is 1. The Morgan fingerprint density at radius 2 is 2.15 bits per heavy atom. The van der Waals surface area contributed by atoms with Crippen molar-refractivity contribution in [2.75, 3.05) is 6.54 Å². The van der Waals surface area contributed by atoms with E-state index >= 15 is 0 Å². The zero-order valence-electron chi connectivity index (χ0n) is 15.4. The second-order valence-electron chi connectivity index (χ2n) is 7.93. The van der Waals surface area contributed by atoms with Crippen LogP contribution in [0.2, 0.25) is 0 Å². The van der Waals surface area contributed by atoms with E-state index in [1.165, 1.54) is 4.52 Å². The number of carbonyl (C=O) groups is 1. The van der Waals surface area contributed by atoms with Gasteiger partial charge in [0, 0.05) is 12.6 Å². The highest BCUT2D eigenvalue weighted by molar-refractivity contribution is 5.69. The van der Waals surface area contributed by atoms with E-state index in [-0.39, 0.29) is 17.7 Å². The summed E-state index contributed by atoms with van der Waals surface area (Å²) in [5.74, 6) is 0. The number of carbonyl (C=O) groups excluding carboxylic acids is 1. The van der Waals surface area contributed by atoms with Crippen molar-refractivity contribution in [3.63, 3.8) is 0 Å². The minimum Gasteiger partial charge on any atom is -0.444 e. The Balaban J connectivity index is 1.69. The van der Waals surface area contributed by atoms with E-state index in [1.54, 1.807) is 4.90 Å². The van der Waals surface area contributed by atoms with Crippen LogP contribution in [0.5, 0.6) is 0 Å². The normalized spacial score (nSPS) is 20.4. The first-order chi connectivity index (χ1) is 12.3. The maximum Gasteiger partial charge on any atom is 0.410 e. The van der Waals surface area contributed by atoms with Crippen LogP contribution in [0.1, 0.15) is 63.0 Å². The second-order valence-corrected chi connectivity index (χ2v) is 7.93. The van der Waals surface area contributed by atoms with Gasteiger partial charge in [0.05, 0.1) is 36.2 Å². The molecule has 2 aliphatic heterocycles. The minimum atomic E-state index is -0.543. The fourth-order valence-electron chi connectivity index (χ4n) is 3.60. The summed E-state index contributed by atoms with van der Waals surface area (Å²) in [7, 11) is 0. The van der Waals surface area contributed by atoms with Crippen LogP contribution in [0.15, 0.2) is 10.9 Å². The summed E-state index contributed by atoms with van der Waals surface area (Å²) in [6.07, 6.45) is 2.46. The molecule has 1 N–H and O–H groups in total. The number of H-pyrrole nitrogens is 1. The molecule has 2 aliphatic rings. The Hall–Kier alpha value is -2.35. The Morgan fingerprint density at radius 3 is 2.92 bits per heavy atom. The molecule has 1 atom stereocenters. The Kier molecular flexibility index (Phi) is 4.02. The Bertz CT molecular complexity index is 908. The van der Waals surface area contributed by atoms with Crippen LogP contribution in [0.4, 0.5) is 4.79 Å². The van der Waals surface area contributed by atoms with Gasteiger partial charge in [0.25, 0.3) is 5.56 Å². The number of piperidine rings is 1. The number of likely N-dealkylation sites (tertiary alicyclic amines) is 1. The average molecular weight is 360 g/mol. The number of nitrogens with zero attached hydrogens (tertiary/aromatic N) is 3. The van der Waals surface area contributed by atoms with E-state index in [4.69, 9.17) is 9.47 Å². The van der Waals surface area contributed by atoms with Crippen molar-refractivity contribution in [2.24, 2.45) is 0 Å². The predicted octanol–water partition coefficient (Wildman–Crippen LogP) is 2.51. The molecule has 0 spiro atoms. The number of aromatic nitrogens is 3. The highest BCUT2D eigenvalue weighted by atomic mass is 16.6. The lowest BCUT2D eigenvalue weighted by atomic mass is 10.00. The van der Waals surface area contributed by atoms with Crippen molar-refractivity contribution in [3.8, 4) is 0 Å². The molecule has 0 bridgehead atoms. The largest absolute Gasteiger partial charge is 0.444 e. The molecule has 8 heteroatoms. The maximum atomic E-state index is 12.6. The summed E-state index contributed by atoms with van der Waals surface area (Å²) >= 11 is 0. The fraction of sp³-hybridized carbons (Fsp3) is 0.611. The summed E-state index contributed by atoms with van der Waals surface area (Å²) in [4.78, 5) is 31.5. The van der Waals surface area contributed by atoms with E-state index in [0.29, 0.717) is 36.7 Å². The number of hydrogen-bond acceptors (Lipinski definition) is 5. The van der Waals surface area contributed by atoms with Gasteiger partial charge < -0.3 is 9.47 Å². The molecule has 4 rings (SSSR count). The summed E-state index contributed by atoms with van der Waals surface area (Å²) in [6, 6.07) is 1.71. The van der Waals surface area contributed by atoms with Crippen molar-refractivity contribution < 1.29 is 14.3 Å². The van der Waals surface area contributed by atoms with Crippen LogP contribution in [0.3, 0.4) is 0 Å². The first-order valence-electron chi connectivity index (χ1n) is 9.04. The van der Waals surface area contributed by atoms with E-state index < -0.39 is 5.60 Å². The van der Waals surface area contributed by atoms with Gasteiger partial charge in [-0.25, -0.2) is 14.3 Å². The lowest BCUT2D eigenvalue weighted by Gasteiger charge is -2.36. The van der Waals surface area contributed by atoms with Gasteiger partial charge in [0.15, 0.2) is 5.65 Å². The molecule has 26 heavy (non-hydrogen) atoms. The van der Waals surface area contributed by atoms with Crippen LogP contribution in [0, 0.1) is 0 Å². The van der Waals surface area contributed by atoms with E-state index in [2.05, 4.69) is 10.1 Å². The maximum absolute atomic E-state index is 12.6. The van der Waals surface area contributed by atoms with Crippen molar-refractivity contribution in [3.05, 3.63) is 33.4 Å². The lowest BCUT2D eigenvalue weighted by Crippen LogP contribution is -2.42. The molecule has 0 aliphatic carbocycles. The molecule has 1 unspecified atom stereocenters. The number of rotatable bonds is 1. The van der Waals surface area contributed by atoms with E-state index in [9.17, 15) is 9.59 Å². The molecule has 2 aromatic heterocycles. The van der Waals surface area contributed by atoms with Crippen LogP contribution in [0.25, 0.3) is 5.65 Å². The van der Waals surface area contributed by atoms with Gasteiger partial charge in [0.1, 0.15) is 5.60 Å². The summed E-state index contributed by atoms with van der Waals surface area (Å²) in [5, 5.41) is 3.15. The van der Waals surface area contributed by atoms with Crippen molar-refractivity contribution in [1.82, 2.24) is 19.5 Å². The quantitative estimate of drug-likeness (QED) is 0.844.